The lowest BCUT2D eigenvalue weighted by molar-refractivity contribution is -0.138. The second kappa shape index (κ2) is 10.0. The minimum Gasteiger partial charge on any atom is -0.507 e. The third-order valence-electron chi connectivity index (χ3n) is 8.44. The van der Waals surface area contributed by atoms with Crippen LogP contribution in [0.15, 0.2) is 48.5 Å². The number of carbonyl (C=O) groups is 1. The van der Waals surface area contributed by atoms with Crippen LogP contribution in [0.25, 0.3) is 0 Å². The van der Waals surface area contributed by atoms with Crippen molar-refractivity contribution in [3.05, 3.63) is 81.9 Å². The van der Waals surface area contributed by atoms with Gasteiger partial charge in [-0.1, -0.05) is 12.1 Å². The number of hydrogen-bond acceptors (Lipinski definition) is 12. The normalized spacial score (nSPS) is 21.6. The van der Waals surface area contributed by atoms with E-state index >= 15 is 0 Å². The lowest BCUT2D eigenvalue weighted by Gasteiger charge is -2.38. The summed E-state index contributed by atoms with van der Waals surface area (Å²) < 4.78 is 18.4. The van der Waals surface area contributed by atoms with Gasteiger partial charge < -0.3 is 60.2 Å². The summed E-state index contributed by atoms with van der Waals surface area (Å²) in [6.45, 7) is 0. The summed E-state index contributed by atoms with van der Waals surface area (Å²) in [6, 6.07) is 10.0. The van der Waals surface area contributed by atoms with Gasteiger partial charge in [0.2, 0.25) is 0 Å². The Kier molecular flexibility index (Phi) is 6.28. The van der Waals surface area contributed by atoms with Crippen molar-refractivity contribution in [3.8, 4) is 57.5 Å². The Bertz CT molecular complexity index is 1770. The van der Waals surface area contributed by atoms with Crippen LogP contribution >= 0.6 is 0 Å². The van der Waals surface area contributed by atoms with Gasteiger partial charge in [0.1, 0.15) is 52.6 Å². The molecule has 3 aliphatic heterocycles. The molecule has 0 bridgehead atoms. The van der Waals surface area contributed by atoms with Crippen LogP contribution < -0.4 is 14.2 Å². The van der Waals surface area contributed by atoms with Crippen LogP contribution in [0.2, 0.25) is 0 Å². The molecular weight excluding hydrogens is 592 g/mol. The first-order valence-corrected chi connectivity index (χ1v) is 13.8. The van der Waals surface area contributed by atoms with Gasteiger partial charge in [-0.3, -0.25) is 4.79 Å². The third kappa shape index (κ3) is 4.35. The smallest absolute Gasteiger partial charge is 0.316 e. The SMILES string of the molecule is O=C(O)C1c2c(cc(O)c3c2O[C@H](c2ccc(O)c(O)c2)[C@@H](O)C3)Oc2cc(O)c3c(c21)O[C@H](c1ccc(O)c(O)c1)[C@@H](O)C3. The van der Waals surface area contributed by atoms with Gasteiger partial charge >= 0.3 is 5.97 Å². The first kappa shape index (κ1) is 28.3. The maximum atomic E-state index is 13.1. The molecule has 0 amide bonds. The molecule has 4 atom stereocenters. The molecule has 13 heteroatoms. The van der Waals surface area contributed by atoms with Crippen molar-refractivity contribution in [1.29, 1.82) is 0 Å². The number of hydrogen-bond donors (Lipinski definition) is 9. The van der Waals surface area contributed by atoms with E-state index in [1.54, 1.807) is 0 Å². The molecule has 4 aromatic rings. The molecule has 232 valence electrons. The lowest BCUT2D eigenvalue weighted by Crippen LogP contribution is -2.33. The first-order chi connectivity index (χ1) is 21.4. The predicted octanol–water partition coefficient (Wildman–Crippen LogP) is 3.32. The fraction of sp³-hybridized carbons (Fsp3) is 0.219. The molecule has 0 saturated heterocycles. The second-order valence-corrected chi connectivity index (χ2v) is 11.2. The van der Waals surface area contributed by atoms with Gasteiger partial charge in [0.05, 0.1) is 23.3 Å². The fourth-order valence-electron chi connectivity index (χ4n) is 6.31. The number of aliphatic carboxylic acids is 1. The van der Waals surface area contributed by atoms with E-state index < -0.39 is 59.3 Å². The summed E-state index contributed by atoms with van der Waals surface area (Å²) in [5.74, 6) is -5.66. The quantitative estimate of drug-likeness (QED) is 0.150. The zero-order valence-corrected chi connectivity index (χ0v) is 23.1. The van der Waals surface area contributed by atoms with Gasteiger partial charge in [-0.2, -0.15) is 0 Å². The van der Waals surface area contributed by atoms with Gasteiger partial charge in [0, 0.05) is 36.1 Å². The highest BCUT2D eigenvalue weighted by Crippen LogP contribution is 2.59. The van der Waals surface area contributed by atoms with E-state index in [1.807, 2.05) is 0 Å². The maximum absolute atomic E-state index is 13.1. The summed E-state index contributed by atoms with van der Waals surface area (Å²) in [7, 11) is 0. The average molecular weight is 619 g/mol. The molecule has 0 spiro atoms. The van der Waals surface area contributed by atoms with E-state index in [0.717, 1.165) is 0 Å². The van der Waals surface area contributed by atoms with Crippen LogP contribution in [-0.4, -0.2) is 64.1 Å². The first-order valence-electron chi connectivity index (χ1n) is 13.8. The molecule has 4 aromatic carbocycles. The van der Waals surface area contributed by atoms with Crippen molar-refractivity contribution in [2.45, 2.75) is 43.2 Å². The van der Waals surface area contributed by atoms with E-state index in [1.165, 1.54) is 48.5 Å². The molecule has 3 heterocycles. The molecule has 7 rings (SSSR count). The molecule has 0 unspecified atom stereocenters. The second-order valence-electron chi connectivity index (χ2n) is 11.2. The number of aliphatic hydroxyl groups is 2. The highest BCUT2D eigenvalue weighted by molar-refractivity contribution is 5.88. The van der Waals surface area contributed by atoms with E-state index in [-0.39, 0.29) is 80.7 Å². The van der Waals surface area contributed by atoms with Crippen LogP contribution in [0.4, 0.5) is 0 Å². The van der Waals surface area contributed by atoms with Crippen LogP contribution in [0.5, 0.6) is 57.5 Å². The van der Waals surface area contributed by atoms with Crippen LogP contribution in [-0.2, 0) is 17.6 Å². The standard InChI is InChI=1S/C32H26O13/c33-15-3-1-11(5-19(15)37)28-21(39)7-13-17(35)9-23-25(30(13)44-28)27(32(41)42)26-24(43-23)10-18(36)14-8-22(40)29(45-31(14)26)12-2-4-16(34)20(38)6-12/h1-6,9-10,21-22,27-29,33-40H,7-8H2,(H,41,42)/t21-,22-,28+,29+/m0/s1. The van der Waals surface area contributed by atoms with Crippen LogP contribution in [0, 0.1) is 0 Å². The summed E-state index contributed by atoms with van der Waals surface area (Å²) in [6.07, 6.45) is -5.08. The monoisotopic (exact) mass is 618 g/mol. The van der Waals surface area contributed by atoms with Gasteiger partial charge in [-0.25, -0.2) is 0 Å². The molecule has 3 aliphatic rings. The third-order valence-corrected chi connectivity index (χ3v) is 8.44. The number of phenolic OH excluding ortho intramolecular Hbond substituents is 6. The molecule has 0 fully saturated rings. The van der Waals surface area contributed by atoms with Crippen LogP contribution in [0.3, 0.4) is 0 Å². The Morgan fingerprint density at radius 2 is 1.02 bits per heavy atom. The maximum Gasteiger partial charge on any atom is 0.316 e. The van der Waals surface area contributed by atoms with E-state index in [9.17, 15) is 50.8 Å². The Balaban J connectivity index is 1.39. The number of aliphatic hydroxyl groups excluding tert-OH is 2. The molecule has 13 nitrogen and oxygen atoms in total. The number of fused-ring (bicyclic) bond motifs is 6. The number of benzene rings is 4. The van der Waals surface area contributed by atoms with Gasteiger partial charge in [-0.05, 0) is 35.4 Å². The molecule has 0 aliphatic carbocycles. The number of carboxylic acid groups (broad SMARTS) is 1. The lowest BCUT2D eigenvalue weighted by atomic mass is 9.81. The fourth-order valence-corrected chi connectivity index (χ4v) is 6.31. The van der Waals surface area contributed by atoms with E-state index in [0.29, 0.717) is 0 Å². The highest BCUT2D eigenvalue weighted by Gasteiger charge is 2.46. The number of aromatic hydroxyl groups is 6. The van der Waals surface area contributed by atoms with Crippen molar-refractivity contribution in [2.24, 2.45) is 0 Å². The number of rotatable bonds is 3. The number of carboxylic acids is 1. The Labute approximate surface area is 253 Å². The topological polar surface area (TPSA) is 227 Å². The predicted molar refractivity (Wildman–Crippen MR) is 151 cm³/mol. The number of phenols is 6. The number of ether oxygens (including phenoxy) is 3. The Morgan fingerprint density at radius 1 is 0.600 bits per heavy atom. The van der Waals surface area contributed by atoms with Gasteiger partial charge in [-0.15, -0.1) is 0 Å². The van der Waals surface area contributed by atoms with Crippen molar-refractivity contribution in [1.82, 2.24) is 0 Å². The van der Waals surface area contributed by atoms with E-state index in [2.05, 4.69) is 0 Å². The zero-order chi connectivity index (χ0) is 31.9. The average Bonchev–Trinajstić information content (AvgIpc) is 2.99. The summed E-state index contributed by atoms with van der Waals surface area (Å²) >= 11 is 0. The Hall–Kier alpha value is -5.53. The highest BCUT2D eigenvalue weighted by atomic mass is 16.5. The minimum atomic E-state index is -1.55. The molecule has 45 heavy (non-hydrogen) atoms. The molecule has 0 radical (unpaired) electrons. The summed E-state index contributed by atoms with van der Waals surface area (Å²) in [4.78, 5) is 13.1. The van der Waals surface area contributed by atoms with Gasteiger partial charge in [0.25, 0.3) is 0 Å². The van der Waals surface area contributed by atoms with Crippen molar-refractivity contribution in [3.63, 3.8) is 0 Å². The molecule has 0 saturated carbocycles. The molecule has 0 aromatic heterocycles. The van der Waals surface area contributed by atoms with Crippen molar-refractivity contribution in [2.75, 3.05) is 0 Å². The summed E-state index contributed by atoms with van der Waals surface area (Å²) in [5.41, 5.74) is 0.738. The molecule has 9 N–H and O–H groups in total. The van der Waals surface area contributed by atoms with Crippen molar-refractivity contribution < 1.29 is 65.0 Å². The summed E-state index contributed by atoms with van der Waals surface area (Å²) in [5, 5.41) is 94.0. The van der Waals surface area contributed by atoms with Gasteiger partial charge in [0.15, 0.2) is 23.0 Å². The molecular formula is C32H26O13. The largest absolute Gasteiger partial charge is 0.507 e. The Morgan fingerprint density at radius 3 is 1.40 bits per heavy atom. The zero-order valence-electron chi connectivity index (χ0n) is 23.1. The van der Waals surface area contributed by atoms with Crippen LogP contribution in [0.1, 0.15) is 51.5 Å². The van der Waals surface area contributed by atoms with Crippen molar-refractivity contribution >= 4 is 5.97 Å². The van der Waals surface area contributed by atoms with E-state index in [4.69, 9.17) is 14.2 Å². The minimum absolute atomic E-state index is 0.0101.